The second-order valence-electron chi connectivity index (χ2n) is 5.23. The molecule has 1 N–H and O–H groups in total. The zero-order chi connectivity index (χ0) is 14.6. The van der Waals surface area contributed by atoms with Crippen LogP contribution in [0.1, 0.15) is 33.6 Å². The third-order valence-corrected chi connectivity index (χ3v) is 3.50. The second-order valence-corrected chi connectivity index (χ2v) is 5.23. The van der Waals surface area contributed by atoms with E-state index in [-0.39, 0.29) is 30.3 Å². The number of aliphatic carboxylic acids is 1. The molecule has 0 spiro atoms. The molecule has 6 nitrogen and oxygen atoms in total. The van der Waals surface area contributed by atoms with E-state index in [0.29, 0.717) is 25.9 Å². The molecule has 0 atom stereocenters. The summed E-state index contributed by atoms with van der Waals surface area (Å²) in [5.41, 5.74) is 0. The van der Waals surface area contributed by atoms with Gasteiger partial charge in [0.25, 0.3) is 0 Å². The van der Waals surface area contributed by atoms with E-state index >= 15 is 0 Å². The number of carboxylic acids is 1. The van der Waals surface area contributed by atoms with Crippen molar-refractivity contribution in [3.63, 3.8) is 0 Å². The predicted octanol–water partition coefficient (Wildman–Crippen LogP) is 0.567. The molecule has 6 heteroatoms. The van der Waals surface area contributed by atoms with E-state index in [1.807, 2.05) is 13.8 Å². The minimum absolute atomic E-state index is 0.0251. The van der Waals surface area contributed by atoms with Crippen LogP contribution in [0.25, 0.3) is 0 Å². The molecular weight excluding hydrogens is 248 g/mol. The van der Waals surface area contributed by atoms with E-state index in [0.717, 1.165) is 0 Å². The van der Waals surface area contributed by atoms with Crippen LogP contribution in [0.15, 0.2) is 0 Å². The highest BCUT2D eigenvalue weighted by molar-refractivity contribution is 5.83. The van der Waals surface area contributed by atoms with Crippen molar-refractivity contribution in [3.8, 4) is 0 Å². The molecule has 0 radical (unpaired) electrons. The molecule has 0 unspecified atom stereocenters. The topological polar surface area (TPSA) is 77.9 Å². The third kappa shape index (κ3) is 4.22. The summed E-state index contributed by atoms with van der Waals surface area (Å²) in [5, 5.41) is 8.85. The molecule has 1 saturated heterocycles. The number of likely N-dealkylation sites (tertiary alicyclic amines) is 1. The van der Waals surface area contributed by atoms with Crippen LogP contribution >= 0.6 is 0 Å². The molecular formula is C13H22N2O4. The maximum atomic E-state index is 12.3. The summed E-state index contributed by atoms with van der Waals surface area (Å²) in [4.78, 5) is 37.4. The fraction of sp³-hybridized carbons (Fsp3) is 0.769. The number of piperidine rings is 1. The minimum atomic E-state index is -0.997. The molecule has 19 heavy (non-hydrogen) atoms. The van der Waals surface area contributed by atoms with Gasteiger partial charge in [0, 0.05) is 32.0 Å². The van der Waals surface area contributed by atoms with Crippen LogP contribution < -0.4 is 0 Å². The van der Waals surface area contributed by atoms with Gasteiger partial charge < -0.3 is 14.9 Å². The molecule has 0 aromatic heterocycles. The Labute approximate surface area is 113 Å². The standard InChI is InChI=1S/C13H22N2O4/c1-9(2)15(8-12(17)18)13(19)11-4-6-14(7-5-11)10(3)16/h9,11H,4-8H2,1-3H3,(H,17,18). The first kappa shape index (κ1) is 15.5. The zero-order valence-corrected chi connectivity index (χ0v) is 11.8. The molecule has 1 rings (SSSR count). The first-order chi connectivity index (χ1) is 8.82. The Morgan fingerprint density at radius 2 is 1.79 bits per heavy atom. The summed E-state index contributed by atoms with van der Waals surface area (Å²) in [7, 11) is 0. The first-order valence-electron chi connectivity index (χ1n) is 6.60. The van der Waals surface area contributed by atoms with Crippen LogP contribution in [-0.2, 0) is 14.4 Å². The molecule has 108 valence electrons. The van der Waals surface area contributed by atoms with E-state index in [1.165, 1.54) is 11.8 Å². The monoisotopic (exact) mass is 270 g/mol. The quantitative estimate of drug-likeness (QED) is 0.810. The van der Waals surface area contributed by atoms with Crippen LogP contribution in [0, 0.1) is 5.92 Å². The number of carboxylic acid groups (broad SMARTS) is 1. The van der Waals surface area contributed by atoms with Crippen LogP contribution in [0.4, 0.5) is 0 Å². The van der Waals surface area contributed by atoms with E-state index in [2.05, 4.69) is 0 Å². The number of amides is 2. The molecule has 2 amide bonds. The number of rotatable bonds is 4. The molecule has 0 saturated carbocycles. The average Bonchev–Trinajstić information content (AvgIpc) is 2.34. The van der Waals surface area contributed by atoms with Gasteiger partial charge >= 0.3 is 5.97 Å². The highest BCUT2D eigenvalue weighted by atomic mass is 16.4. The van der Waals surface area contributed by atoms with Crippen molar-refractivity contribution in [1.29, 1.82) is 0 Å². The normalized spacial score (nSPS) is 16.5. The number of carbonyl (C=O) groups excluding carboxylic acids is 2. The van der Waals surface area contributed by atoms with Gasteiger partial charge in [-0.15, -0.1) is 0 Å². The summed E-state index contributed by atoms with van der Waals surface area (Å²) in [6.45, 7) is 6.03. The molecule has 0 aromatic rings. The summed E-state index contributed by atoms with van der Waals surface area (Å²) in [5.74, 6) is -1.25. The number of hydrogen-bond acceptors (Lipinski definition) is 3. The molecule has 1 aliphatic heterocycles. The Morgan fingerprint density at radius 1 is 1.26 bits per heavy atom. The van der Waals surface area contributed by atoms with Crippen LogP contribution in [0.5, 0.6) is 0 Å². The number of nitrogens with zero attached hydrogens (tertiary/aromatic N) is 2. The SMILES string of the molecule is CC(=O)N1CCC(C(=O)N(CC(=O)O)C(C)C)CC1. The summed E-state index contributed by atoms with van der Waals surface area (Å²) >= 11 is 0. The molecule has 1 fully saturated rings. The Bertz CT molecular complexity index is 360. The highest BCUT2D eigenvalue weighted by Gasteiger charge is 2.31. The number of carbonyl (C=O) groups is 3. The number of hydrogen-bond donors (Lipinski definition) is 1. The lowest BCUT2D eigenvalue weighted by molar-refractivity contribution is -0.149. The summed E-state index contributed by atoms with van der Waals surface area (Å²) < 4.78 is 0. The van der Waals surface area contributed by atoms with E-state index in [1.54, 1.807) is 4.90 Å². The highest BCUT2D eigenvalue weighted by Crippen LogP contribution is 2.20. The van der Waals surface area contributed by atoms with Crippen molar-refractivity contribution in [2.24, 2.45) is 5.92 Å². The fourth-order valence-corrected chi connectivity index (χ4v) is 2.34. The smallest absolute Gasteiger partial charge is 0.323 e. The third-order valence-electron chi connectivity index (χ3n) is 3.50. The first-order valence-corrected chi connectivity index (χ1v) is 6.60. The lowest BCUT2D eigenvalue weighted by atomic mass is 9.94. The van der Waals surface area contributed by atoms with Gasteiger partial charge in [-0.1, -0.05) is 0 Å². The van der Waals surface area contributed by atoms with Gasteiger partial charge in [0.15, 0.2) is 0 Å². The van der Waals surface area contributed by atoms with Crippen molar-refractivity contribution < 1.29 is 19.5 Å². The van der Waals surface area contributed by atoms with E-state index in [9.17, 15) is 14.4 Å². The van der Waals surface area contributed by atoms with Crippen LogP contribution in [0.3, 0.4) is 0 Å². The minimum Gasteiger partial charge on any atom is -0.480 e. The Morgan fingerprint density at radius 3 is 2.16 bits per heavy atom. The fourth-order valence-electron chi connectivity index (χ4n) is 2.34. The van der Waals surface area contributed by atoms with Crippen molar-refractivity contribution in [2.75, 3.05) is 19.6 Å². The van der Waals surface area contributed by atoms with Gasteiger partial charge in [-0.3, -0.25) is 14.4 Å². The van der Waals surface area contributed by atoms with Crippen molar-refractivity contribution in [3.05, 3.63) is 0 Å². The van der Waals surface area contributed by atoms with Gasteiger partial charge in [0.2, 0.25) is 11.8 Å². The lowest BCUT2D eigenvalue weighted by Crippen LogP contribution is -2.47. The van der Waals surface area contributed by atoms with Crippen LogP contribution in [0.2, 0.25) is 0 Å². The maximum absolute atomic E-state index is 12.3. The molecule has 0 aromatic carbocycles. The summed E-state index contributed by atoms with van der Waals surface area (Å²) in [6, 6.07) is -0.130. The molecule has 1 aliphatic rings. The maximum Gasteiger partial charge on any atom is 0.323 e. The van der Waals surface area contributed by atoms with Crippen LogP contribution in [-0.4, -0.2) is 58.4 Å². The van der Waals surface area contributed by atoms with Gasteiger partial charge in [-0.25, -0.2) is 0 Å². The van der Waals surface area contributed by atoms with E-state index in [4.69, 9.17) is 5.11 Å². The zero-order valence-electron chi connectivity index (χ0n) is 11.8. The molecule has 0 aliphatic carbocycles. The van der Waals surface area contributed by atoms with Gasteiger partial charge in [-0.05, 0) is 26.7 Å². The van der Waals surface area contributed by atoms with Gasteiger partial charge in [-0.2, -0.15) is 0 Å². The summed E-state index contributed by atoms with van der Waals surface area (Å²) in [6.07, 6.45) is 1.22. The Balaban J connectivity index is 2.61. The Kier molecular flexibility index (Phi) is 5.32. The molecule has 1 heterocycles. The average molecular weight is 270 g/mol. The van der Waals surface area contributed by atoms with E-state index < -0.39 is 5.97 Å². The van der Waals surface area contributed by atoms with Crippen molar-refractivity contribution in [1.82, 2.24) is 9.80 Å². The van der Waals surface area contributed by atoms with Gasteiger partial charge in [0.1, 0.15) is 6.54 Å². The molecule has 0 bridgehead atoms. The largest absolute Gasteiger partial charge is 0.480 e. The van der Waals surface area contributed by atoms with Crippen molar-refractivity contribution >= 4 is 17.8 Å². The predicted molar refractivity (Wildman–Crippen MR) is 69.5 cm³/mol. The lowest BCUT2D eigenvalue weighted by Gasteiger charge is -2.34. The Hall–Kier alpha value is -1.59. The second kappa shape index (κ2) is 6.54. The van der Waals surface area contributed by atoms with Gasteiger partial charge in [0.05, 0.1) is 0 Å². The van der Waals surface area contributed by atoms with Crippen molar-refractivity contribution in [2.45, 2.75) is 39.7 Å².